The number of rotatable bonds is 17. The Morgan fingerprint density at radius 1 is 0.818 bits per heavy atom. The van der Waals surface area contributed by atoms with Gasteiger partial charge in [0.05, 0.1) is 15.5 Å². The molecule has 44 heavy (non-hydrogen) atoms. The van der Waals surface area contributed by atoms with E-state index in [1.807, 2.05) is 70.5 Å². The lowest BCUT2D eigenvalue weighted by Gasteiger charge is -2.24. The number of nitrogens with zero attached hydrogens (tertiary/aromatic N) is 2. The lowest BCUT2D eigenvalue weighted by molar-refractivity contribution is -0.136. The van der Waals surface area contributed by atoms with Crippen molar-refractivity contribution < 1.29 is 18.0 Å². The maximum Gasteiger partial charge on any atom is 0.238 e. The molecule has 9 heteroatoms. The first-order valence-corrected chi connectivity index (χ1v) is 18.2. The minimum absolute atomic E-state index is 0.0138. The van der Waals surface area contributed by atoms with E-state index in [0.717, 1.165) is 36.0 Å². The minimum atomic E-state index is -3.76. The van der Waals surface area contributed by atoms with Gasteiger partial charge in [0.2, 0.25) is 21.8 Å². The van der Waals surface area contributed by atoms with Crippen LogP contribution in [0.15, 0.2) is 89.8 Å². The van der Waals surface area contributed by atoms with E-state index in [1.165, 1.54) is 37.8 Å². The average Bonchev–Trinajstić information content (AvgIpc) is 3.31. The van der Waals surface area contributed by atoms with Crippen LogP contribution in [0.3, 0.4) is 0 Å². The Kier molecular flexibility index (Phi) is 12.9. The van der Waals surface area contributed by atoms with Crippen LogP contribution in [0.2, 0.25) is 0 Å². The topological polar surface area (TPSA) is 101 Å². The molecule has 1 aliphatic heterocycles. The maximum absolute atomic E-state index is 13.8. The van der Waals surface area contributed by atoms with Crippen LogP contribution in [0.5, 0.6) is 0 Å². The molecule has 1 aliphatic rings. The second-order valence-electron chi connectivity index (χ2n) is 11.5. The summed E-state index contributed by atoms with van der Waals surface area (Å²) in [7, 11) is -3.76. The van der Waals surface area contributed by atoms with E-state index in [-0.39, 0.29) is 28.5 Å². The van der Waals surface area contributed by atoms with Gasteiger partial charge in [0, 0.05) is 26.1 Å². The number of nitrogens with two attached hydrogens (primary N) is 1. The van der Waals surface area contributed by atoms with Gasteiger partial charge in [0.25, 0.3) is 0 Å². The predicted molar refractivity (Wildman–Crippen MR) is 178 cm³/mol. The summed E-state index contributed by atoms with van der Waals surface area (Å²) in [5, 5.41) is 4.85. The first-order valence-electron chi connectivity index (χ1n) is 15.7. The molecule has 2 amide bonds. The first kappa shape index (κ1) is 33.7. The second kappa shape index (κ2) is 16.8. The summed E-state index contributed by atoms with van der Waals surface area (Å²) in [6.45, 7) is 3.70. The van der Waals surface area contributed by atoms with Gasteiger partial charge in [0.1, 0.15) is 0 Å². The van der Waals surface area contributed by atoms with E-state index < -0.39 is 15.3 Å². The largest absolute Gasteiger partial charge is 0.334 e. The first-order chi connectivity index (χ1) is 21.2. The average molecular weight is 636 g/mol. The van der Waals surface area contributed by atoms with E-state index in [0.29, 0.717) is 26.1 Å². The van der Waals surface area contributed by atoms with Gasteiger partial charge in [-0.1, -0.05) is 118 Å². The summed E-state index contributed by atoms with van der Waals surface area (Å²) < 4.78 is 23.3. The second-order valence-corrected chi connectivity index (χ2v) is 14.5. The van der Waals surface area contributed by atoms with Crippen LogP contribution in [0.25, 0.3) is 0 Å². The van der Waals surface area contributed by atoms with E-state index in [1.54, 1.807) is 23.9 Å². The summed E-state index contributed by atoms with van der Waals surface area (Å²) in [5.74, 6) is -0.0119. The highest BCUT2D eigenvalue weighted by molar-refractivity contribution is 8.01. The number of primary sulfonamides is 1. The van der Waals surface area contributed by atoms with Gasteiger partial charge in [-0.25, -0.2) is 13.6 Å². The molecule has 1 heterocycles. The van der Waals surface area contributed by atoms with E-state index in [4.69, 9.17) is 5.14 Å². The molecule has 2 unspecified atom stereocenters. The van der Waals surface area contributed by atoms with Crippen molar-refractivity contribution in [3.63, 3.8) is 0 Å². The molecule has 2 atom stereocenters. The van der Waals surface area contributed by atoms with Crippen LogP contribution in [0.4, 0.5) is 0 Å². The molecule has 2 N–H and O–H groups in total. The van der Waals surface area contributed by atoms with Crippen molar-refractivity contribution in [2.45, 2.75) is 93.3 Å². The van der Waals surface area contributed by atoms with E-state index >= 15 is 0 Å². The fraction of sp³-hybridized carbons (Fsp3) is 0.429. The number of hydrogen-bond acceptors (Lipinski definition) is 5. The van der Waals surface area contributed by atoms with Crippen molar-refractivity contribution >= 4 is 33.6 Å². The Morgan fingerprint density at radius 2 is 1.39 bits per heavy atom. The highest BCUT2D eigenvalue weighted by atomic mass is 32.2. The molecule has 4 rings (SSSR count). The molecule has 0 saturated carbocycles. The van der Waals surface area contributed by atoms with Crippen LogP contribution in [-0.4, -0.2) is 47.2 Å². The van der Waals surface area contributed by atoms with Crippen LogP contribution < -0.4 is 5.14 Å². The maximum atomic E-state index is 13.8. The number of carbonyl (C=O) groups is 2. The molecule has 1 saturated heterocycles. The zero-order chi connectivity index (χ0) is 31.4. The molecule has 236 valence electrons. The Hall–Kier alpha value is -3.14. The van der Waals surface area contributed by atoms with Gasteiger partial charge in [-0.2, -0.15) is 0 Å². The van der Waals surface area contributed by atoms with Crippen LogP contribution >= 0.6 is 11.8 Å². The summed E-state index contributed by atoms with van der Waals surface area (Å²) in [6, 6.07) is 26.4. The molecular formula is C35H45N3O4S2. The van der Waals surface area contributed by atoms with E-state index in [2.05, 4.69) is 6.92 Å². The van der Waals surface area contributed by atoms with Gasteiger partial charge < -0.3 is 9.80 Å². The Bertz CT molecular complexity index is 1390. The Labute approximate surface area is 267 Å². The number of thioether (sulfide) groups is 1. The zero-order valence-corrected chi connectivity index (χ0v) is 27.3. The lowest BCUT2D eigenvalue weighted by Crippen LogP contribution is -2.38. The van der Waals surface area contributed by atoms with Crippen molar-refractivity contribution in [2.75, 3.05) is 6.54 Å². The normalized spacial score (nSPS) is 16.8. The summed E-state index contributed by atoms with van der Waals surface area (Å²) in [5.41, 5.74) is 3.04. The van der Waals surface area contributed by atoms with Crippen molar-refractivity contribution in [3.05, 3.63) is 102 Å². The number of unbranched alkanes of at least 4 members (excludes halogenated alkanes) is 5. The van der Waals surface area contributed by atoms with Crippen molar-refractivity contribution in [2.24, 2.45) is 5.14 Å². The van der Waals surface area contributed by atoms with Gasteiger partial charge in [-0.05, 0) is 41.7 Å². The van der Waals surface area contributed by atoms with Crippen LogP contribution in [0, 0.1) is 0 Å². The van der Waals surface area contributed by atoms with Gasteiger partial charge >= 0.3 is 0 Å². The number of sulfonamides is 1. The summed E-state index contributed by atoms with van der Waals surface area (Å²) >= 11 is 1.63. The molecule has 0 radical (unpaired) electrons. The van der Waals surface area contributed by atoms with Gasteiger partial charge in [-0.3, -0.25) is 9.59 Å². The third-order valence-corrected chi connectivity index (χ3v) is 10.5. The highest BCUT2D eigenvalue weighted by Gasteiger charge is 2.41. The molecular weight excluding hydrogens is 591 g/mol. The summed E-state index contributed by atoms with van der Waals surface area (Å²) in [4.78, 5) is 31.5. The molecule has 0 spiro atoms. The van der Waals surface area contributed by atoms with Crippen molar-refractivity contribution in [1.82, 2.24) is 9.80 Å². The number of carbonyl (C=O) groups excluding carboxylic acids is 2. The zero-order valence-electron chi connectivity index (χ0n) is 25.6. The quantitative estimate of drug-likeness (QED) is 0.170. The molecule has 3 aromatic rings. The van der Waals surface area contributed by atoms with Crippen LogP contribution in [-0.2, 0) is 39.1 Å². The standard InChI is InChI=1S/C35H45N3O4S2/c1-2-3-4-5-6-13-18-34-38(24-23-28-19-21-31(22-20-28)44(36,41)42)35(40)32(43-34)25-33(39)37(26-29-14-9-7-10-15-29)27-30-16-11-8-12-17-30/h7-12,14-17,19-22,32,34H,2-6,13,18,23-27H2,1H3,(H2,36,41,42). The number of amides is 2. The fourth-order valence-corrected chi connectivity index (χ4v) is 7.63. The smallest absolute Gasteiger partial charge is 0.238 e. The Balaban J connectivity index is 1.44. The molecule has 0 aromatic heterocycles. The molecule has 3 aromatic carbocycles. The lowest BCUT2D eigenvalue weighted by atomic mass is 10.1. The molecule has 0 aliphatic carbocycles. The third kappa shape index (κ3) is 10.2. The minimum Gasteiger partial charge on any atom is -0.334 e. The molecule has 0 bridgehead atoms. The summed E-state index contributed by atoms with van der Waals surface area (Å²) in [6.07, 6.45) is 8.74. The SMILES string of the molecule is CCCCCCCCC1SC(CC(=O)N(Cc2ccccc2)Cc2ccccc2)C(=O)N1CCc1ccc(S(N)(=O)=O)cc1. The molecule has 7 nitrogen and oxygen atoms in total. The monoisotopic (exact) mass is 635 g/mol. The fourth-order valence-electron chi connectivity index (χ4n) is 5.58. The van der Waals surface area contributed by atoms with Crippen molar-refractivity contribution in [3.8, 4) is 0 Å². The Morgan fingerprint density at radius 3 is 1.95 bits per heavy atom. The van der Waals surface area contributed by atoms with Gasteiger partial charge in [0.15, 0.2) is 0 Å². The number of benzene rings is 3. The number of hydrogen-bond donors (Lipinski definition) is 1. The predicted octanol–water partition coefficient (Wildman–Crippen LogP) is 6.52. The van der Waals surface area contributed by atoms with Crippen molar-refractivity contribution in [1.29, 1.82) is 0 Å². The van der Waals surface area contributed by atoms with Gasteiger partial charge in [-0.15, -0.1) is 11.8 Å². The highest BCUT2D eigenvalue weighted by Crippen LogP contribution is 2.37. The molecule has 1 fully saturated rings. The van der Waals surface area contributed by atoms with E-state index in [9.17, 15) is 18.0 Å². The third-order valence-electron chi connectivity index (χ3n) is 8.07. The van der Waals surface area contributed by atoms with Crippen LogP contribution in [0.1, 0.15) is 75.0 Å².